The zero-order chi connectivity index (χ0) is 12.8. The molecule has 1 aliphatic rings. The van der Waals surface area contributed by atoms with E-state index in [-0.39, 0.29) is 6.03 Å². The number of carbonyl (C=O) groups excluding carboxylic acids is 1. The predicted octanol–water partition coefficient (Wildman–Crippen LogP) is 0.0136. The van der Waals surface area contributed by atoms with E-state index in [9.17, 15) is 13.8 Å². The van der Waals surface area contributed by atoms with Crippen molar-refractivity contribution in [2.45, 2.75) is 25.8 Å². The molecule has 0 saturated carbocycles. The van der Waals surface area contributed by atoms with Crippen molar-refractivity contribution in [2.75, 3.05) is 24.6 Å². The molecule has 1 fully saturated rings. The highest BCUT2D eigenvalue weighted by Crippen LogP contribution is 2.16. The summed E-state index contributed by atoms with van der Waals surface area (Å²) in [7, 11) is -0.912. The van der Waals surface area contributed by atoms with Gasteiger partial charge in [-0.2, -0.15) is 0 Å². The Morgan fingerprint density at radius 1 is 1.53 bits per heavy atom. The Balaban J connectivity index is 2.37. The standard InChI is InChI=1S/C10H18N2O4S/c1-2-17(16)7-5-11-10(15)12-6-3-4-8(12)9(13)14/h8H,2-7H2,1H3,(H,11,15)(H,13,14)/t8-,17?/m0/s1. The summed E-state index contributed by atoms with van der Waals surface area (Å²) in [5.41, 5.74) is 0. The maximum atomic E-state index is 11.7. The van der Waals surface area contributed by atoms with Gasteiger partial charge in [-0.3, -0.25) is 4.21 Å². The van der Waals surface area contributed by atoms with Crippen molar-refractivity contribution in [3.8, 4) is 0 Å². The van der Waals surface area contributed by atoms with Crippen molar-refractivity contribution >= 4 is 22.8 Å². The minimum Gasteiger partial charge on any atom is -0.480 e. The number of nitrogens with zero attached hydrogens (tertiary/aromatic N) is 1. The van der Waals surface area contributed by atoms with Gasteiger partial charge in [-0.1, -0.05) is 6.92 Å². The van der Waals surface area contributed by atoms with E-state index >= 15 is 0 Å². The quantitative estimate of drug-likeness (QED) is 0.731. The molecule has 2 N–H and O–H groups in total. The second-order valence-electron chi connectivity index (χ2n) is 3.85. The largest absolute Gasteiger partial charge is 0.480 e. The molecular weight excluding hydrogens is 244 g/mol. The number of likely N-dealkylation sites (tertiary alicyclic amines) is 1. The normalized spacial score (nSPS) is 21.2. The topological polar surface area (TPSA) is 86.7 Å². The van der Waals surface area contributed by atoms with E-state index < -0.39 is 22.8 Å². The number of rotatable bonds is 5. The average molecular weight is 262 g/mol. The van der Waals surface area contributed by atoms with Crippen LogP contribution in [0.4, 0.5) is 4.79 Å². The third-order valence-electron chi connectivity index (χ3n) is 2.73. The molecular formula is C10H18N2O4S. The lowest BCUT2D eigenvalue weighted by Gasteiger charge is -2.21. The Morgan fingerprint density at radius 2 is 2.24 bits per heavy atom. The highest BCUT2D eigenvalue weighted by atomic mass is 32.2. The number of urea groups is 1. The zero-order valence-corrected chi connectivity index (χ0v) is 10.7. The molecule has 2 amide bonds. The molecule has 0 aromatic carbocycles. The van der Waals surface area contributed by atoms with Gasteiger partial charge in [0.2, 0.25) is 0 Å². The number of amides is 2. The summed E-state index contributed by atoms with van der Waals surface area (Å²) < 4.78 is 11.1. The van der Waals surface area contributed by atoms with Gasteiger partial charge in [0.1, 0.15) is 6.04 Å². The van der Waals surface area contributed by atoms with Crippen LogP contribution in [0.15, 0.2) is 0 Å². The Hall–Kier alpha value is -1.11. The van der Waals surface area contributed by atoms with E-state index in [0.29, 0.717) is 37.4 Å². The molecule has 7 heteroatoms. The number of nitrogens with one attached hydrogen (secondary N) is 1. The van der Waals surface area contributed by atoms with Crippen LogP contribution in [0.1, 0.15) is 19.8 Å². The van der Waals surface area contributed by atoms with Crippen LogP contribution in [0.2, 0.25) is 0 Å². The first-order valence-electron chi connectivity index (χ1n) is 5.68. The van der Waals surface area contributed by atoms with Crippen LogP contribution < -0.4 is 5.32 Å². The summed E-state index contributed by atoms with van der Waals surface area (Å²) >= 11 is 0. The van der Waals surface area contributed by atoms with Gasteiger partial charge in [0.15, 0.2) is 0 Å². The van der Waals surface area contributed by atoms with Crippen LogP contribution in [0.5, 0.6) is 0 Å². The smallest absolute Gasteiger partial charge is 0.326 e. The molecule has 0 aromatic rings. The molecule has 1 aliphatic heterocycles. The second-order valence-corrected chi connectivity index (χ2v) is 5.72. The highest BCUT2D eigenvalue weighted by Gasteiger charge is 2.33. The number of carbonyl (C=O) groups is 2. The number of hydrogen-bond acceptors (Lipinski definition) is 3. The molecule has 0 radical (unpaired) electrons. The van der Waals surface area contributed by atoms with E-state index in [1.165, 1.54) is 4.90 Å². The Bertz CT molecular complexity index is 321. The fourth-order valence-electron chi connectivity index (χ4n) is 1.78. The summed E-state index contributed by atoms with van der Waals surface area (Å²) in [5, 5.41) is 11.5. The van der Waals surface area contributed by atoms with Gasteiger partial charge >= 0.3 is 12.0 Å². The number of hydrogen-bond donors (Lipinski definition) is 2. The number of aliphatic carboxylic acids is 1. The molecule has 0 spiro atoms. The van der Waals surface area contributed by atoms with Crippen LogP contribution in [0.3, 0.4) is 0 Å². The number of carboxylic acid groups (broad SMARTS) is 1. The fourth-order valence-corrected chi connectivity index (χ4v) is 2.40. The minimum atomic E-state index is -0.963. The van der Waals surface area contributed by atoms with E-state index in [2.05, 4.69) is 5.32 Å². The average Bonchev–Trinajstić information content (AvgIpc) is 2.77. The van der Waals surface area contributed by atoms with E-state index in [4.69, 9.17) is 5.11 Å². The summed E-state index contributed by atoms with van der Waals surface area (Å²) in [5.74, 6) is 0.0142. The van der Waals surface area contributed by atoms with Gasteiger partial charge in [-0.05, 0) is 12.8 Å². The second kappa shape index (κ2) is 6.58. The minimum absolute atomic E-state index is 0.322. The highest BCUT2D eigenvalue weighted by molar-refractivity contribution is 7.84. The van der Waals surface area contributed by atoms with Crippen LogP contribution in [0, 0.1) is 0 Å². The molecule has 0 aliphatic carbocycles. The van der Waals surface area contributed by atoms with Crippen molar-refractivity contribution in [1.82, 2.24) is 10.2 Å². The first-order valence-corrected chi connectivity index (χ1v) is 7.17. The summed E-state index contributed by atoms with van der Waals surface area (Å²) in [6, 6.07) is -1.09. The first kappa shape index (κ1) is 14.0. The van der Waals surface area contributed by atoms with Crippen LogP contribution in [-0.4, -0.2) is 56.9 Å². The van der Waals surface area contributed by atoms with Gasteiger partial charge in [0.25, 0.3) is 0 Å². The summed E-state index contributed by atoms with van der Waals surface area (Å²) in [6.07, 6.45) is 1.22. The van der Waals surface area contributed by atoms with Crippen LogP contribution in [-0.2, 0) is 15.6 Å². The molecule has 6 nitrogen and oxygen atoms in total. The maximum Gasteiger partial charge on any atom is 0.326 e. The summed E-state index contributed by atoms with van der Waals surface area (Å²) in [4.78, 5) is 23.9. The monoisotopic (exact) mass is 262 g/mol. The molecule has 1 heterocycles. The van der Waals surface area contributed by atoms with Gasteiger partial charge in [-0.25, -0.2) is 9.59 Å². The number of carboxylic acids is 1. The van der Waals surface area contributed by atoms with Gasteiger partial charge in [0.05, 0.1) is 0 Å². The van der Waals surface area contributed by atoms with Gasteiger partial charge < -0.3 is 15.3 Å². The maximum absolute atomic E-state index is 11.7. The van der Waals surface area contributed by atoms with Crippen molar-refractivity contribution < 1.29 is 18.9 Å². The van der Waals surface area contributed by atoms with E-state index in [0.717, 1.165) is 0 Å². The Labute approximate surface area is 103 Å². The van der Waals surface area contributed by atoms with Crippen LogP contribution >= 0.6 is 0 Å². The van der Waals surface area contributed by atoms with Crippen molar-refractivity contribution in [3.63, 3.8) is 0 Å². The molecule has 0 aromatic heterocycles. The predicted molar refractivity (Wildman–Crippen MR) is 64.3 cm³/mol. The van der Waals surface area contributed by atoms with Gasteiger partial charge in [0, 0.05) is 35.4 Å². The Morgan fingerprint density at radius 3 is 2.82 bits per heavy atom. The summed E-state index contributed by atoms with van der Waals surface area (Å²) in [6.45, 7) is 2.61. The van der Waals surface area contributed by atoms with Gasteiger partial charge in [-0.15, -0.1) is 0 Å². The molecule has 2 atom stereocenters. The molecule has 17 heavy (non-hydrogen) atoms. The first-order chi connectivity index (χ1) is 8.06. The van der Waals surface area contributed by atoms with E-state index in [1.54, 1.807) is 0 Å². The molecule has 1 unspecified atom stereocenters. The van der Waals surface area contributed by atoms with Crippen molar-refractivity contribution in [2.24, 2.45) is 0 Å². The van der Waals surface area contributed by atoms with E-state index in [1.807, 2.05) is 6.92 Å². The fraction of sp³-hybridized carbons (Fsp3) is 0.800. The molecule has 1 saturated heterocycles. The lowest BCUT2D eigenvalue weighted by molar-refractivity contribution is -0.141. The zero-order valence-electron chi connectivity index (χ0n) is 9.85. The molecule has 98 valence electrons. The lowest BCUT2D eigenvalue weighted by atomic mass is 10.2. The Kier molecular flexibility index (Phi) is 5.40. The molecule has 1 rings (SSSR count). The third-order valence-corrected chi connectivity index (χ3v) is 4.03. The SMILES string of the molecule is CCS(=O)CCNC(=O)N1CCC[C@H]1C(=O)O. The van der Waals surface area contributed by atoms with Crippen LogP contribution in [0.25, 0.3) is 0 Å². The lowest BCUT2D eigenvalue weighted by Crippen LogP contribution is -2.46. The third kappa shape index (κ3) is 3.99. The molecule has 0 bridgehead atoms. The van der Waals surface area contributed by atoms with Crippen molar-refractivity contribution in [3.05, 3.63) is 0 Å². The van der Waals surface area contributed by atoms with Crippen molar-refractivity contribution in [1.29, 1.82) is 0 Å².